The maximum absolute atomic E-state index is 11.9. The molecule has 0 amide bonds. The van der Waals surface area contributed by atoms with Crippen LogP contribution in [0.4, 0.5) is 27.9 Å². The van der Waals surface area contributed by atoms with Crippen LogP contribution in [0.1, 0.15) is 37.1 Å². The van der Waals surface area contributed by atoms with Crippen molar-refractivity contribution in [3.8, 4) is 0 Å². The summed E-state index contributed by atoms with van der Waals surface area (Å²) in [6.45, 7) is 6.71. The van der Waals surface area contributed by atoms with Crippen LogP contribution in [0.5, 0.6) is 0 Å². The summed E-state index contributed by atoms with van der Waals surface area (Å²) in [7, 11) is 0. The Bertz CT molecular complexity index is 1260. The molecule has 1 saturated heterocycles. The fourth-order valence-corrected chi connectivity index (χ4v) is 3.73. The highest BCUT2D eigenvalue weighted by Crippen LogP contribution is 2.20. The Kier molecular flexibility index (Phi) is 9.07. The van der Waals surface area contributed by atoms with Gasteiger partial charge in [-0.15, -0.1) is 0 Å². The summed E-state index contributed by atoms with van der Waals surface area (Å²) in [6, 6.07) is 15.4. The zero-order valence-corrected chi connectivity index (χ0v) is 21.4. The SMILES string of the molecule is CC(N)c1cnc(N2CCN(c3ncnc(Nc4ccc(C(C)O)cc4)n3)CC2)nc1.Fc1ccccc1. The molecule has 0 radical (unpaired) electrons. The number of nitrogens with two attached hydrogens (primary N) is 1. The van der Waals surface area contributed by atoms with Crippen LogP contribution in [0, 0.1) is 5.82 Å². The zero-order valence-electron chi connectivity index (χ0n) is 21.4. The molecule has 1 aliphatic rings. The Balaban J connectivity index is 0.000000417. The van der Waals surface area contributed by atoms with Crippen molar-refractivity contribution >= 4 is 23.5 Å². The number of aliphatic hydroxyl groups is 1. The third kappa shape index (κ3) is 7.40. The number of anilines is 4. The summed E-state index contributed by atoms with van der Waals surface area (Å²) in [4.78, 5) is 26.3. The van der Waals surface area contributed by atoms with E-state index in [0.717, 1.165) is 43.0 Å². The fraction of sp³-hybridized carbons (Fsp3) is 0.296. The molecule has 3 heterocycles. The highest BCUT2D eigenvalue weighted by atomic mass is 19.1. The van der Waals surface area contributed by atoms with E-state index in [1.807, 2.05) is 31.2 Å². The van der Waals surface area contributed by atoms with Gasteiger partial charge in [-0.05, 0) is 43.7 Å². The van der Waals surface area contributed by atoms with Crippen molar-refractivity contribution < 1.29 is 9.50 Å². The molecule has 0 saturated carbocycles. The Morgan fingerprint density at radius 1 is 0.816 bits per heavy atom. The van der Waals surface area contributed by atoms with Gasteiger partial charge in [0.2, 0.25) is 17.8 Å². The summed E-state index contributed by atoms with van der Waals surface area (Å²) in [5.41, 5.74) is 8.50. The van der Waals surface area contributed by atoms with Gasteiger partial charge in [-0.2, -0.15) is 4.98 Å². The number of piperazine rings is 1. The van der Waals surface area contributed by atoms with E-state index < -0.39 is 6.10 Å². The molecular formula is C27H32FN9O. The van der Waals surface area contributed by atoms with Gasteiger partial charge in [0.1, 0.15) is 12.1 Å². The predicted molar refractivity (Wildman–Crippen MR) is 146 cm³/mol. The van der Waals surface area contributed by atoms with Crippen molar-refractivity contribution in [2.45, 2.75) is 26.0 Å². The number of hydrogen-bond donors (Lipinski definition) is 3. The van der Waals surface area contributed by atoms with Gasteiger partial charge in [0.15, 0.2) is 0 Å². The molecule has 4 aromatic rings. The van der Waals surface area contributed by atoms with E-state index in [1.165, 1.54) is 18.5 Å². The number of aliphatic hydroxyl groups excluding tert-OH is 1. The highest BCUT2D eigenvalue weighted by Gasteiger charge is 2.21. The molecule has 1 aliphatic heterocycles. The van der Waals surface area contributed by atoms with Crippen molar-refractivity contribution in [3.05, 3.63) is 90.3 Å². The van der Waals surface area contributed by atoms with E-state index in [1.54, 1.807) is 37.5 Å². The van der Waals surface area contributed by atoms with Gasteiger partial charge in [0.25, 0.3) is 0 Å². The van der Waals surface area contributed by atoms with E-state index >= 15 is 0 Å². The molecule has 38 heavy (non-hydrogen) atoms. The van der Waals surface area contributed by atoms with E-state index in [2.05, 4.69) is 40.0 Å². The molecule has 11 heteroatoms. The Morgan fingerprint density at radius 3 is 1.95 bits per heavy atom. The van der Waals surface area contributed by atoms with Gasteiger partial charge in [-0.3, -0.25) is 0 Å². The largest absolute Gasteiger partial charge is 0.389 e. The van der Waals surface area contributed by atoms with E-state index in [4.69, 9.17) is 5.73 Å². The molecule has 2 unspecified atom stereocenters. The summed E-state index contributed by atoms with van der Waals surface area (Å²) in [5, 5.41) is 12.8. The van der Waals surface area contributed by atoms with Gasteiger partial charge in [-0.1, -0.05) is 30.3 Å². The molecule has 2 atom stereocenters. The van der Waals surface area contributed by atoms with Crippen LogP contribution in [0.15, 0.2) is 73.3 Å². The lowest BCUT2D eigenvalue weighted by Crippen LogP contribution is -2.47. The van der Waals surface area contributed by atoms with Crippen molar-refractivity contribution in [2.24, 2.45) is 5.73 Å². The van der Waals surface area contributed by atoms with E-state index in [-0.39, 0.29) is 11.9 Å². The van der Waals surface area contributed by atoms with Crippen LogP contribution in [0.2, 0.25) is 0 Å². The third-order valence-electron chi connectivity index (χ3n) is 5.97. The monoisotopic (exact) mass is 517 g/mol. The van der Waals surface area contributed by atoms with Gasteiger partial charge in [-0.25, -0.2) is 24.3 Å². The fourth-order valence-electron chi connectivity index (χ4n) is 3.73. The van der Waals surface area contributed by atoms with Crippen LogP contribution in [0.3, 0.4) is 0 Å². The number of rotatable bonds is 6. The van der Waals surface area contributed by atoms with E-state index in [0.29, 0.717) is 17.8 Å². The number of nitrogens with one attached hydrogen (secondary N) is 1. The van der Waals surface area contributed by atoms with Crippen molar-refractivity contribution in [3.63, 3.8) is 0 Å². The number of hydrogen-bond acceptors (Lipinski definition) is 10. The summed E-state index contributed by atoms with van der Waals surface area (Å²) >= 11 is 0. The smallest absolute Gasteiger partial charge is 0.231 e. The molecule has 0 spiro atoms. The van der Waals surface area contributed by atoms with Gasteiger partial charge in [0.05, 0.1) is 6.10 Å². The molecule has 2 aromatic heterocycles. The zero-order chi connectivity index (χ0) is 26.9. The van der Waals surface area contributed by atoms with Gasteiger partial charge in [0, 0.05) is 55.9 Å². The van der Waals surface area contributed by atoms with Crippen molar-refractivity contribution in [1.82, 2.24) is 24.9 Å². The first-order chi connectivity index (χ1) is 18.4. The molecule has 4 N–H and O–H groups in total. The molecule has 1 fully saturated rings. The topological polar surface area (TPSA) is 129 Å². The highest BCUT2D eigenvalue weighted by molar-refractivity contribution is 5.54. The lowest BCUT2D eigenvalue weighted by atomic mass is 10.1. The van der Waals surface area contributed by atoms with Gasteiger partial charge >= 0.3 is 0 Å². The summed E-state index contributed by atoms with van der Waals surface area (Å²) in [6.07, 6.45) is 4.59. The molecular weight excluding hydrogens is 485 g/mol. The van der Waals surface area contributed by atoms with Crippen LogP contribution in [-0.4, -0.2) is 56.2 Å². The second-order valence-corrected chi connectivity index (χ2v) is 8.91. The van der Waals surface area contributed by atoms with Crippen LogP contribution in [-0.2, 0) is 0 Å². The average Bonchev–Trinajstić information content (AvgIpc) is 2.94. The van der Waals surface area contributed by atoms with Crippen molar-refractivity contribution in [1.29, 1.82) is 0 Å². The Labute approximate surface area is 221 Å². The number of halogens is 1. The predicted octanol–water partition coefficient (Wildman–Crippen LogP) is 3.63. The lowest BCUT2D eigenvalue weighted by molar-refractivity contribution is 0.199. The third-order valence-corrected chi connectivity index (χ3v) is 5.97. The summed E-state index contributed by atoms with van der Waals surface area (Å²) in [5.74, 6) is 1.64. The second-order valence-electron chi connectivity index (χ2n) is 8.91. The molecule has 5 rings (SSSR count). The first-order valence-electron chi connectivity index (χ1n) is 12.4. The quantitative estimate of drug-likeness (QED) is 0.349. The van der Waals surface area contributed by atoms with Crippen LogP contribution in [0.25, 0.3) is 0 Å². The first kappa shape index (κ1) is 26.8. The maximum Gasteiger partial charge on any atom is 0.231 e. The van der Waals surface area contributed by atoms with Gasteiger partial charge < -0.3 is 26.0 Å². The first-order valence-corrected chi connectivity index (χ1v) is 12.4. The van der Waals surface area contributed by atoms with Crippen LogP contribution < -0.4 is 20.9 Å². The summed E-state index contributed by atoms with van der Waals surface area (Å²) < 4.78 is 11.9. The maximum atomic E-state index is 11.9. The minimum atomic E-state index is -0.496. The average molecular weight is 518 g/mol. The minimum Gasteiger partial charge on any atom is -0.389 e. The molecule has 2 aromatic carbocycles. The molecule has 198 valence electrons. The number of nitrogens with zero attached hydrogens (tertiary/aromatic N) is 7. The standard InChI is InChI=1S/C21H27N9O.C6H5F/c1-14(22)17-11-23-20(24-12-17)29-7-9-30(10-8-29)21-26-13-25-19(28-21)27-18-5-3-16(4-6-18)15(2)31;7-6-4-2-1-3-5-6/h3-6,11-15,31H,7-10,22H2,1-2H3,(H,25,26,27,28);1-5H. The molecule has 0 aliphatic carbocycles. The van der Waals surface area contributed by atoms with Crippen LogP contribution >= 0.6 is 0 Å². The lowest BCUT2D eigenvalue weighted by Gasteiger charge is -2.34. The number of benzene rings is 2. The Hall–Kier alpha value is -4.22. The Morgan fingerprint density at radius 2 is 1.42 bits per heavy atom. The van der Waals surface area contributed by atoms with E-state index in [9.17, 15) is 9.50 Å². The normalized spacial score (nSPS) is 14.8. The minimum absolute atomic E-state index is 0.0753. The second kappa shape index (κ2) is 12.8. The number of aromatic nitrogens is 5. The molecule has 10 nitrogen and oxygen atoms in total. The molecule has 0 bridgehead atoms. The van der Waals surface area contributed by atoms with Crippen molar-refractivity contribution in [2.75, 3.05) is 41.3 Å².